The zero-order valence-corrected chi connectivity index (χ0v) is 15.7. The van der Waals surface area contributed by atoms with E-state index >= 15 is 0 Å². The van der Waals surface area contributed by atoms with E-state index in [4.69, 9.17) is 26.7 Å². The predicted octanol–water partition coefficient (Wildman–Crippen LogP) is 1.90. The number of nitrogens with zero attached hydrogens (tertiary/aromatic N) is 1. The lowest BCUT2D eigenvalue weighted by Crippen LogP contribution is -2.35. The zero-order valence-electron chi connectivity index (χ0n) is 15.7. The molecule has 0 spiro atoms. The average Bonchev–Trinajstić information content (AvgIpc) is 2.80. The lowest BCUT2D eigenvalue weighted by atomic mass is 9.77. The molecule has 150 valence electrons. The topological polar surface area (TPSA) is 143 Å². The van der Waals surface area contributed by atoms with E-state index in [1.165, 1.54) is 10.5 Å². The van der Waals surface area contributed by atoms with E-state index in [1.807, 2.05) is 24.3 Å². The Morgan fingerprint density at radius 2 is 1.82 bits per heavy atom. The van der Waals surface area contributed by atoms with E-state index in [0.717, 1.165) is 25.7 Å². The number of hydrogen-bond donors (Lipinski definition) is 4. The van der Waals surface area contributed by atoms with Crippen LogP contribution in [0, 0.1) is 11.3 Å². The number of hydrogen-bond acceptors (Lipinski definition) is 6. The summed E-state index contributed by atoms with van der Waals surface area (Å²) < 4.78 is 5.22. The quantitative estimate of drug-likeness (QED) is 0.582. The Morgan fingerprint density at radius 3 is 2.39 bits per heavy atom. The Morgan fingerprint density at radius 1 is 1.18 bits per heavy atom. The van der Waals surface area contributed by atoms with Crippen LogP contribution in [0.25, 0.3) is 0 Å². The number of carboxylic acid groups (broad SMARTS) is 1. The second-order valence-corrected chi connectivity index (χ2v) is 7.37. The summed E-state index contributed by atoms with van der Waals surface area (Å²) in [5.41, 5.74) is 12.9. The van der Waals surface area contributed by atoms with Crippen molar-refractivity contribution in [2.24, 2.45) is 17.4 Å². The van der Waals surface area contributed by atoms with Crippen molar-refractivity contribution in [3.8, 4) is 0 Å². The number of ether oxygens (including phenoxy) is 1. The minimum absolute atomic E-state index is 0.113. The van der Waals surface area contributed by atoms with Gasteiger partial charge in [-0.3, -0.25) is 15.0 Å². The third-order valence-corrected chi connectivity index (χ3v) is 5.52. The Balaban J connectivity index is 1.71. The molecule has 8 nitrogen and oxygen atoms in total. The van der Waals surface area contributed by atoms with Crippen LogP contribution in [-0.4, -0.2) is 36.0 Å². The van der Waals surface area contributed by atoms with Crippen LogP contribution in [0.2, 0.25) is 0 Å². The summed E-state index contributed by atoms with van der Waals surface area (Å²) in [4.78, 5) is 25.1. The second-order valence-electron chi connectivity index (χ2n) is 7.37. The molecule has 1 amide bonds. The van der Waals surface area contributed by atoms with Crippen LogP contribution in [0.1, 0.15) is 43.6 Å². The molecular weight excluding hydrogens is 360 g/mol. The summed E-state index contributed by atoms with van der Waals surface area (Å²) in [5, 5.41) is 16.7. The maximum atomic E-state index is 12.7. The zero-order chi connectivity index (χ0) is 20.3. The van der Waals surface area contributed by atoms with Gasteiger partial charge in [0.2, 0.25) is 5.90 Å². The molecule has 6 N–H and O–H groups in total. The molecule has 1 aromatic carbocycles. The van der Waals surface area contributed by atoms with Crippen LogP contribution in [0.5, 0.6) is 0 Å². The molecule has 1 aliphatic heterocycles. The van der Waals surface area contributed by atoms with Gasteiger partial charge in [0.1, 0.15) is 18.0 Å². The lowest BCUT2D eigenvalue weighted by Gasteiger charge is -2.28. The molecule has 1 aromatic rings. The highest BCUT2D eigenvalue weighted by atomic mass is 16.5. The highest BCUT2D eigenvalue weighted by molar-refractivity contribution is 6.23. The minimum Gasteiger partial charge on any atom is -0.481 e. The van der Waals surface area contributed by atoms with Gasteiger partial charge < -0.3 is 26.2 Å². The number of carboxylic acids is 1. The van der Waals surface area contributed by atoms with Crippen LogP contribution in [0.15, 0.2) is 35.7 Å². The molecule has 8 heteroatoms. The summed E-state index contributed by atoms with van der Waals surface area (Å²) in [6, 6.07) is 7.79. The normalized spacial score (nSPS) is 23.1. The summed E-state index contributed by atoms with van der Waals surface area (Å²) in [5.74, 6) is -1.02. The second kappa shape index (κ2) is 8.33. The number of aliphatic carboxylic acids is 1. The van der Waals surface area contributed by atoms with Gasteiger partial charge in [-0.2, -0.15) is 0 Å². The SMILES string of the molecule is N=C1OCCN(c2ccc([C@H]3CC[C@H](CC(=O)O)CC3)cc2)C(=O)C1=C(N)N. The van der Waals surface area contributed by atoms with Gasteiger partial charge in [0.05, 0.1) is 6.54 Å². The fourth-order valence-corrected chi connectivity index (χ4v) is 4.02. The van der Waals surface area contributed by atoms with E-state index in [2.05, 4.69) is 0 Å². The molecule has 0 aromatic heterocycles. The van der Waals surface area contributed by atoms with E-state index in [-0.39, 0.29) is 36.2 Å². The first-order valence-corrected chi connectivity index (χ1v) is 9.47. The molecule has 1 saturated carbocycles. The van der Waals surface area contributed by atoms with Gasteiger partial charge in [0.15, 0.2) is 0 Å². The molecule has 1 heterocycles. The van der Waals surface area contributed by atoms with E-state index in [0.29, 0.717) is 18.2 Å². The first kappa shape index (κ1) is 19.7. The molecule has 2 aliphatic rings. The summed E-state index contributed by atoms with van der Waals surface area (Å²) >= 11 is 0. The van der Waals surface area contributed by atoms with Crippen molar-refractivity contribution >= 4 is 23.5 Å². The van der Waals surface area contributed by atoms with E-state index in [1.54, 1.807) is 0 Å². The molecule has 3 rings (SSSR count). The fourth-order valence-electron chi connectivity index (χ4n) is 4.02. The number of nitrogens with two attached hydrogens (primary N) is 2. The number of rotatable bonds is 4. The largest absolute Gasteiger partial charge is 0.481 e. The molecule has 0 atom stereocenters. The van der Waals surface area contributed by atoms with Gasteiger partial charge in [-0.1, -0.05) is 12.1 Å². The maximum absolute atomic E-state index is 12.7. The Bertz CT molecular complexity index is 791. The van der Waals surface area contributed by atoms with Gasteiger partial charge in [0, 0.05) is 12.1 Å². The summed E-state index contributed by atoms with van der Waals surface area (Å²) in [6.07, 6.45) is 4.04. The molecule has 1 saturated heterocycles. The van der Waals surface area contributed by atoms with Crippen molar-refractivity contribution < 1.29 is 19.4 Å². The first-order valence-electron chi connectivity index (χ1n) is 9.47. The van der Waals surface area contributed by atoms with Crippen molar-refractivity contribution in [2.45, 2.75) is 38.0 Å². The molecule has 0 radical (unpaired) electrons. The smallest absolute Gasteiger partial charge is 0.303 e. The number of amides is 1. The average molecular weight is 386 g/mol. The van der Waals surface area contributed by atoms with Crippen molar-refractivity contribution in [3.63, 3.8) is 0 Å². The standard InChI is InChI=1S/C20H26N4O4/c21-18(22)17-19(23)28-10-9-24(20(17)27)15-7-5-14(6-8-15)13-3-1-12(2-4-13)11-16(25)26/h5-8,12-13,23H,1-4,9-11,21-22H2,(H,25,26)/t12-,13-. The van der Waals surface area contributed by atoms with Gasteiger partial charge in [-0.05, 0) is 55.2 Å². The van der Waals surface area contributed by atoms with Crippen LogP contribution in [0.4, 0.5) is 5.69 Å². The van der Waals surface area contributed by atoms with Crippen molar-refractivity contribution in [1.82, 2.24) is 0 Å². The third kappa shape index (κ3) is 4.27. The summed E-state index contributed by atoms with van der Waals surface area (Å²) in [7, 11) is 0. The lowest BCUT2D eigenvalue weighted by molar-refractivity contribution is -0.138. The molecule has 1 aliphatic carbocycles. The summed E-state index contributed by atoms with van der Waals surface area (Å²) in [6.45, 7) is 0.494. The monoisotopic (exact) mass is 386 g/mol. The van der Waals surface area contributed by atoms with Crippen molar-refractivity contribution in [1.29, 1.82) is 5.41 Å². The third-order valence-electron chi connectivity index (χ3n) is 5.52. The Kier molecular flexibility index (Phi) is 5.87. The fraction of sp³-hybridized carbons (Fsp3) is 0.450. The van der Waals surface area contributed by atoms with Gasteiger partial charge >= 0.3 is 5.97 Å². The van der Waals surface area contributed by atoms with Gasteiger partial charge in [0.25, 0.3) is 5.91 Å². The van der Waals surface area contributed by atoms with Crippen LogP contribution >= 0.6 is 0 Å². The Hall–Kier alpha value is -3.03. The first-order chi connectivity index (χ1) is 13.4. The molecule has 0 unspecified atom stereocenters. The predicted molar refractivity (Wildman–Crippen MR) is 105 cm³/mol. The number of carbonyl (C=O) groups is 2. The number of carbonyl (C=O) groups excluding carboxylic acids is 1. The van der Waals surface area contributed by atoms with Crippen LogP contribution in [-0.2, 0) is 14.3 Å². The Labute approximate surface area is 163 Å². The number of nitrogens with one attached hydrogen (secondary N) is 1. The molecular formula is C20H26N4O4. The van der Waals surface area contributed by atoms with Gasteiger partial charge in [-0.25, -0.2) is 0 Å². The number of anilines is 1. The highest BCUT2D eigenvalue weighted by Gasteiger charge is 2.30. The molecule has 0 bridgehead atoms. The number of benzene rings is 1. The minimum atomic E-state index is -0.724. The van der Waals surface area contributed by atoms with Gasteiger partial charge in [-0.15, -0.1) is 0 Å². The van der Waals surface area contributed by atoms with Crippen molar-refractivity contribution in [2.75, 3.05) is 18.1 Å². The van der Waals surface area contributed by atoms with Crippen LogP contribution in [0.3, 0.4) is 0 Å². The maximum Gasteiger partial charge on any atom is 0.303 e. The highest BCUT2D eigenvalue weighted by Crippen LogP contribution is 2.37. The molecule has 2 fully saturated rings. The van der Waals surface area contributed by atoms with Crippen LogP contribution < -0.4 is 16.4 Å². The molecule has 28 heavy (non-hydrogen) atoms. The van der Waals surface area contributed by atoms with Crippen molar-refractivity contribution in [3.05, 3.63) is 41.2 Å². The van der Waals surface area contributed by atoms with E-state index < -0.39 is 11.9 Å². The van der Waals surface area contributed by atoms with E-state index in [9.17, 15) is 9.59 Å².